The second-order valence-electron chi connectivity index (χ2n) is 8.70. The predicted molar refractivity (Wildman–Crippen MR) is 149 cm³/mol. The molecule has 4 aromatic carbocycles. The molecule has 39 heavy (non-hydrogen) atoms. The Hall–Kier alpha value is -5.01. The van der Waals surface area contributed by atoms with Gasteiger partial charge in [0.2, 0.25) is 0 Å². The van der Waals surface area contributed by atoms with Crippen LogP contribution >= 0.6 is 0 Å². The van der Waals surface area contributed by atoms with Crippen LogP contribution in [0.15, 0.2) is 106 Å². The molecule has 0 aliphatic rings. The third-order valence-electron chi connectivity index (χ3n) is 5.54. The van der Waals surface area contributed by atoms with Gasteiger partial charge in [0.05, 0.1) is 21.9 Å². The van der Waals surface area contributed by atoms with Crippen molar-refractivity contribution in [1.29, 1.82) is 0 Å². The minimum absolute atomic E-state index is 0.00427. The fraction of sp³-hybridized carbons (Fsp3) is 0.103. The molecule has 9 nitrogen and oxygen atoms in total. The molecule has 0 atom stereocenters. The molecule has 196 valence electrons. The molecule has 0 fully saturated rings. The zero-order valence-electron chi connectivity index (χ0n) is 21.4. The summed E-state index contributed by atoms with van der Waals surface area (Å²) in [6.07, 6.45) is 0. The first kappa shape index (κ1) is 27.0. The molecule has 0 heterocycles. The number of nitrogens with zero attached hydrogens (tertiary/aromatic N) is 4. The van der Waals surface area contributed by atoms with Gasteiger partial charge in [-0.2, -0.15) is 18.6 Å². The minimum Gasteiger partial charge on any atom is -0.378 e. The maximum absolute atomic E-state index is 13.0. The van der Waals surface area contributed by atoms with Crippen molar-refractivity contribution in [3.8, 4) is 17.6 Å². The van der Waals surface area contributed by atoms with E-state index in [1.54, 1.807) is 24.3 Å². The molecule has 4 aromatic rings. The monoisotopic (exact) mass is 540 g/mol. The third kappa shape index (κ3) is 7.06. The average Bonchev–Trinajstić information content (AvgIpc) is 2.92. The largest absolute Gasteiger partial charge is 0.378 e. The van der Waals surface area contributed by atoms with Gasteiger partial charge in [-0.3, -0.25) is 10.1 Å². The summed E-state index contributed by atoms with van der Waals surface area (Å²) >= 11 is 0. The highest BCUT2D eigenvalue weighted by Crippen LogP contribution is 2.29. The topological polar surface area (TPSA) is 114 Å². The van der Waals surface area contributed by atoms with E-state index in [0.717, 1.165) is 11.3 Å². The summed E-state index contributed by atoms with van der Waals surface area (Å²) in [6.45, 7) is 1.85. The molecule has 0 aliphatic heterocycles. The maximum Gasteiger partial charge on any atom is 0.339 e. The van der Waals surface area contributed by atoms with Crippen molar-refractivity contribution in [2.24, 2.45) is 10.2 Å². The fourth-order valence-corrected chi connectivity index (χ4v) is 4.30. The quantitative estimate of drug-likeness (QED) is 0.0863. The fourth-order valence-electron chi connectivity index (χ4n) is 3.36. The van der Waals surface area contributed by atoms with Crippen molar-refractivity contribution in [1.82, 2.24) is 0 Å². The molecular weight excluding hydrogens is 516 g/mol. The zero-order valence-corrected chi connectivity index (χ0v) is 22.2. The molecule has 0 aliphatic carbocycles. The van der Waals surface area contributed by atoms with Gasteiger partial charge in [-0.25, -0.2) is 0 Å². The standard InChI is InChI=1S/C29H24N4O5S/c1-21-4-18-28(19-5-21)39(36,37)38-29-20-25(31-30-24-12-16-26(17-13-24)32(2)3)11-10-23(29)9-6-22-7-14-27(15-8-22)33(34)35/h4-5,7-8,10-20H,1-3H3. The van der Waals surface area contributed by atoms with Crippen molar-refractivity contribution in [2.45, 2.75) is 11.8 Å². The lowest BCUT2D eigenvalue weighted by Gasteiger charge is -2.11. The first-order chi connectivity index (χ1) is 18.6. The zero-order chi connectivity index (χ0) is 28.0. The molecule has 0 bridgehead atoms. The molecule has 0 radical (unpaired) electrons. The van der Waals surface area contributed by atoms with E-state index in [2.05, 4.69) is 22.1 Å². The molecule has 0 amide bonds. The predicted octanol–water partition coefficient (Wildman–Crippen LogP) is 6.55. The van der Waals surface area contributed by atoms with Gasteiger partial charge in [0.25, 0.3) is 5.69 Å². The highest BCUT2D eigenvalue weighted by atomic mass is 32.2. The van der Waals surface area contributed by atoms with E-state index in [1.807, 2.05) is 50.2 Å². The Kier molecular flexibility index (Phi) is 8.03. The molecule has 0 N–H and O–H groups in total. The van der Waals surface area contributed by atoms with Crippen LogP contribution in [0.25, 0.3) is 0 Å². The Morgan fingerprint density at radius 2 is 1.44 bits per heavy atom. The molecule has 0 saturated carbocycles. The van der Waals surface area contributed by atoms with Crippen LogP contribution in [0, 0.1) is 28.9 Å². The summed E-state index contributed by atoms with van der Waals surface area (Å²) in [7, 11) is -0.289. The smallest absolute Gasteiger partial charge is 0.339 e. The van der Waals surface area contributed by atoms with Crippen LogP contribution in [0.1, 0.15) is 16.7 Å². The van der Waals surface area contributed by atoms with E-state index in [-0.39, 0.29) is 16.3 Å². The van der Waals surface area contributed by atoms with Crippen LogP contribution in [0.3, 0.4) is 0 Å². The normalized spacial score (nSPS) is 11.1. The highest BCUT2D eigenvalue weighted by Gasteiger charge is 2.19. The van der Waals surface area contributed by atoms with Crippen molar-refractivity contribution in [3.05, 3.63) is 118 Å². The SMILES string of the molecule is Cc1ccc(S(=O)(=O)Oc2cc(N=Nc3ccc(N(C)C)cc3)ccc2C#Cc2ccc([N+](=O)[O-])cc2)cc1. The average molecular weight is 541 g/mol. The molecule has 0 spiro atoms. The lowest BCUT2D eigenvalue weighted by molar-refractivity contribution is -0.384. The van der Waals surface area contributed by atoms with Crippen LogP contribution < -0.4 is 9.08 Å². The van der Waals surface area contributed by atoms with Crippen LogP contribution in [0.2, 0.25) is 0 Å². The van der Waals surface area contributed by atoms with Crippen LogP contribution in [0.4, 0.5) is 22.7 Å². The van der Waals surface area contributed by atoms with Crippen molar-refractivity contribution in [2.75, 3.05) is 19.0 Å². The number of anilines is 1. The second-order valence-corrected chi connectivity index (χ2v) is 10.2. The van der Waals surface area contributed by atoms with Gasteiger partial charge in [-0.05, 0) is 67.6 Å². The lowest BCUT2D eigenvalue weighted by atomic mass is 10.1. The Bertz CT molecular complexity index is 1690. The van der Waals surface area contributed by atoms with Gasteiger partial charge < -0.3 is 9.08 Å². The Morgan fingerprint density at radius 3 is 2.05 bits per heavy atom. The van der Waals surface area contributed by atoms with E-state index >= 15 is 0 Å². The number of hydrogen-bond acceptors (Lipinski definition) is 8. The van der Waals surface area contributed by atoms with Gasteiger partial charge >= 0.3 is 10.1 Å². The van der Waals surface area contributed by atoms with E-state index in [1.165, 1.54) is 42.5 Å². The van der Waals surface area contributed by atoms with Crippen LogP contribution in [0.5, 0.6) is 5.75 Å². The summed E-state index contributed by atoms with van der Waals surface area (Å²) in [4.78, 5) is 12.4. The Morgan fingerprint density at radius 1 is 0.821 bits per heavy atom. The van der Waals surface area contributed by atoms with Crippen molar-refractivity contribution >= 4 is 32.9 Å². The summed E-state index contributed by atoms with van der Waals surface area (Å²) < 4.78 is 31.6. The Balaban J connectivity index is 1.68. The second kappa shape index (κ2) is 11.6. The summed E-state index contributed by atoms with van der Waals surface area (Å²) in [5.41, 5.74) is 3.65. The molecular formula is C29H24N4O5S. The van der Waals surface area contributed by atoms with Gasteiger partial charge in [-0.1, -0.05) is 29.5 Å². The van der Waals surface area contributed by atoms with Gasteiger partial charge in [0, 0.05) is 43.5 Å². The minimum atomic E-state index is -4.17. The first-order valence-corrected chi connectivity index (χ1v) is 13.1. The van der Waals surface area contributed by atoms with Crippen molar-refractivity contribution in [3.63, 3.8) is 0 Å². The molecule has 4 rings (SSSR count). The van der Waals surface area contributed by atoms with E-state index in [4.69, 9.17) is 4.18 Å². The van der Waals surface area contributed by atoms with Crippen molar-refractivity contribution < 1.29 is 17.5 Å². The van der Waals surface area contributed by atoms with E-state index in [0.29, 0.717) is 22.5 Å². The van der Waals surface area contributed by atoms with Crippen LogP contribution in [-0.2, 0) is 10.1 Å². The highest BCUT2D eigenvalue weighted by molar-refractivity contribution is 7.87. The number of benzene rings is 4. The maximum atomic E-state index is 13.0. The molecule has 10 heteroatoms. The van der Waals surface area contributed by atoms with Crippen LogP contribution in [-0.4, -0.2) is 27.4 Å². The van der Waals surface area contributed by atoms with Gasteiger partial charge in [-0.15, -0.1) is 0 Å². The van der Waals surface area contributed by atoms with Gasteiger partial charge in [0.1, 0.15) is 4.90 Å². The molecule has 0 unspecified atom stereocenters. The number of rotatable bonds is 7. The lowest BCUT2D eigenvalue weighted by Crippen LogP contribution is -2.10. The first-order valence-electron chi connectivity index (χ1n) is 11.7. The Labute approximate surface area is 226 Å². The summed E-state index contributed by atoms with van der Waals surface area (Å²) in [5.74, 6) is 5.76. The number of azo groups is 1. The number of nitro benzene ring substituents is 1. The van der Waals surface area contributed by atoms with E-state index in [9.17, 15) is 18.5 Å². The number of nitro groups is 1. The number of non-ortho nitro benzene ring substituents is 1. The summed E-state index contributed by atoms with van der Waals surface area (Å²) in [6, 6.07) is 24.1. The third-order valence-corrected chi connectivity index (χ3v) is 6.79. The summed E-state index contributed by atoms with van der Waals surface area (Å²) in [5, 5.41) is 19.4. The van der Waals surface area contributed by atoms with Gasteiger partial charge in [0.15, 0.2) is 5.75 Å². The number of hydrogen-bond donors (Lipinski definition) is 0. The van der Waals surface area contributed by atoms with E-state index < -0.39 is 15.0 Å². The molecule has 0 saturated heterocycles. The number of aryl methyl sites for hydroxylation is 1. The molecule has 0 aromatic heterocycles.